The lowest BCUT2D eigenvalue weighted by molar-refractivity contribution is -0.0230. The maximum Gasteiger partial charge on any atom is 0.278 e. The first-order valence-electron chi connectivity index (χ1n) is 8.55. The largest absolute Gasteiger partial charge is 0.486 e. The first-order valence-corrected chi connectivity index (χ1v) is 11.0. The minimum Gasteiger partial charge on any atom is -0.486 e. The molecule has 0 aliphatic carbocycles. The Labute approximate surface area is 170 Å². The Morgan fingerprint density at radius 2 is 1.83 bits per heavy atom. The molecule has 29 heavy (non-hydrogen) atoms. The van der Waals surface area contributed by atoms with Crippen molar-refractivity contribution in [3.05, 3.63) is 48.4 Å². The number of sulfone groups is 1. The Kier molecular flexibility index (Phi) is 5.95. The molecule has 0 radical (unpaired) electrons. The van der Waals surface area contributed by atoms with Crippen LogP contribution in [-0.2, 0) is 9.84 Å². The normalized spacial score (nSPS) is 12.2. The Morgan fingerprint density at radius 3 is 2.38 bits per heavy atom. The maximum atomic E-state index is 13.2. The molecule has 3 rings (SSSR count). The Balaban J connectivity index is 2.00. The van der Waals surface area contributed by atoms with Crippen molar-refractivity contribution in [2.75, 3.05) is 12.4 Å². The maximum absolute atomic E-state index is 13.2. The van der Waals surface area contributed by atoms with Crippen molar-refractivity contribution in [3.8, 4) is 26.9 Å². The van der Waals surface area contributed by atoms with E-state index in [-0.39, 0.29) is 16.5 Å². The number of nitrogens with zero attached hydrogens (tertiary/aromatic N) is 2. The van der Waals surface area contributed by atoms with Crippen molar-refractivity contribution in [2.45, 2.75) is 24.8 Å². The number of thiazole rings is 1. The van der Waals surface area contributed by atoms with E-state index in [9.17, 15) is 21.6 Å². The number of alkyl halides is 2. The van der Waals surface area contributed by atoms with Crippen molar-refractivity contribution in [3.63, 3.8) is 0 Å². The molecule has 0 saturated heterocycles. The number of halogens is 3. The number of rotatable bonds is 7. The number of aromatic nitrogens is 2. The standard InChI is InChI=1S/C19H17F3N2O3S2/c1-3-29(25,26)18-16(28-17(24-18)12-4-6-13(20)7-5-12)15-9-8-14(10-23-15)27-11-19(2,21)22/h4-10H,3,11H2,1-2H3. The molecule has 0 atom stereocenters. The van der Waals surface area contributed by atoms with Gasteiger partial charge in [-0.3, -0.25) is 4.98 Å². The molecule has 0 spiro atoms. The van der Waals surface area contributed by atoms with E-state index in [1.807, 2.05) is 0 Å². The summed E-state index contributed by atoms with van der Waals surface area (Å²) in [5.41, 5.74) is 0.888. The fourth-order valence-corrected chi connectivity index (χ4v) is 4.74. The second kappa shape index (κ2) is 8.11. The van der Waals surface area contributed by atoms with Gasteiger partial charge in [0.2, 0.25) is 0 Å². The summed E-state index contributed by atoms with van der Waals surface area (Å²) in [5.74, 6) is -3.41. The molecule has 0 amide bonds. The van der Waals surface area contributed by atoms with E-state index in [1.54, 1.807) is 0 Å². The minimum atomic E-state index is -3.66. The molecular formula is C19H17F3N2O3S2. The van der Waals surface area contributed by atoms with Crippen LogP contribution in [0.25, 0.3) is 21.1 Å². The number of pyridine rings is 1. The predicted octanol–water partition coefficient (Wildman–Crippen LogP) is 4.84. The number of benzene rings is 1. The number of hydrogen-bond donors (Lipinski definition) is 0. The summed E-state index contributed by atoms with van der Waals surface area (Å²) in [6, 6.07) is 8.47. The van der Waals surface area contributed by atoms with Crippen LogP contribution in [0.5, 0.6) is 5.75 Å². The van der Waals surface area contributed by atoms with Crippen LogP contribution in [0.4, 0.5) is 13.2 Å². The first kappa shape index (κ1) is 21.3. The van der Waals surface area contributed by atoms with E-state index >= 15 is 0 Å². The predicted molar refractivity (Wildman–Crippen MR) is 105 cm³/mol. The van der Waals surface area contributed by atoms with E-state index in [2.05, 4.69) is 9.97 Å². The molecule has 10 heteroatoms. The quantitative estimate of drug-likeness (QED) is 0.524. The van der Waals surface area contributed by atoms with Gasteiger partial charge in [-0.25, -0.2) is 26.6 Å². The van der Waals surface area contributed by atoms with E-state index in [4.69, 9.17) is 4.74 Å². The van der Waals surface area contributed by atoms with E-state index in [1.165, 1.54) is 49.5 Å². The summed E-state index contributed by atoms with van der Waals surface area (Å²) in [6.45, 7) is 1.45. The van der Waals surface area contributed by atoms with E-state index in [0.717, 1.165) is 18.3 Å². The molecule has 0 unspecified atom stereocenters. The van der Waals surface area contributed by atoms with Crippen molar-refractivity contribution in [1.82, 2.24) is 9.97 Å². The van der Waals surface area contributed by atoms with Crippen LogP contribution >= 0.6 is 11.3 Å². The van der Waals surface area contributed by atoms with Crippen LogP contribution in [0.1, 0.15) is 13.8 Å². The highest BCUT2D eigenvalue weighted by Crippen LogP contribution is 2.37. The second-order valence-corrected chi connectivity index (χ2v) is 9.49. The molecule has 3 aromatic rings. The molecule has 0 aliphatic heterocycles. The van der Waals surface area contributed by atoms with Gasteiger partial charge in [-0.1, -0.05) is 6.92 Å². The van der Waals surface area contributed by atoms with Crippen molar-refractivity contribution in [2.24, 2.45) is 0 Å². The van der Waals surface area contributed by atoms with Gasteiger partial charge in [-0.15, -0.1) is 11.3 Å². The van der Waals surface area contributed by atoms with Gasteiger partial charge in [0.25, 0.3) is 5.92 Å². The highest BCUT2D eigenvalue weighted by molar-refractivity contribution is 7.91. The highest BCUT2D eigenvalue weighted by Gasteiger charge is 2.25. The van der Waals surface area contributed by atoms with Gasteiger partial charge >= 0.3 is 0 Å². The SMILES string of the molecule is CCS(=O)(=O)c1nc(-c2ccc(F)cc2)sc1-c1ccc(OCC(C)(F)F)cn1. The third-order valence-corrected chi connectivity index (χ3v) is 6.72. The fourth-order valence-electron chi connectivity index (χ4n) is 2.34. The van der Waals surface area contributed by atoms with Gasteiger partial charge in [0, 0.05) is 12.5 Å². The molecule has 5 nitrogen and oxygen atoms in total. The van der Waals surface area contributed by atoms with Gasteiger partial charge in [0.15, 0.2) is 21.5 Å². The first-order chi connectivity index (χ1) is 13.6. The molecule has 0 N–H and O–H groups in total. The third-order valence-electron chi connectivity index (χ3n) is 3.82. The van der Waals surface area contributed by atoms with Crippen molar-refractivity contribution in [1.29, 1.82) is 0 Å². The zero-order chi connectivity index (χ0) is 21.2. The lowest BCUT2D eigenvalue weighted by atomic mass is 10.2. The summed E-state index contributed by atoms with van der Waals surface area (Å²) in [6.07, 6.45) is 1.25. The zero-order valence-corrected chi connectivity index (χ0v) is 17.2. The van der Waals surface area contributed by atoms with Crippen molar-refractivity contribution >= 4 is 21.2 Å². The molecule has 0 fully saturated rings. The molecule has 0 saturated carbocycles. The van der Waals surface area contributed by atoms with Crippen LogP contribution < -0.4 is 4.74 Å². The minimum absolute atomic E-state index is 0.120. The average Bonchev–Trinajstić information content (AvgIpc) is 3.13. The van der Waals surface area contributed by atoms with Crippen LogP contribution in [0.15, 0.2) is 47.6 Å². The van der Waals surface area contributed by atoms with Gasteiger partial charge in [-0.2, -0.15) is 0 Å². The summed E-state index contributed by atoms with van der Waals surface area (Å²) in [7, 11) is -3.66. The molecule has 2 aromatic heterocycles. The van der Waals surface area contributed by atoms with Gasteiger partial charge < -0.3 is 4.74 Å². The molecule has 0 aliphatic rings. The van der Waals surface area contributed by atoms with Gasteiger partial charge in [-0.05, 0) is 36.4 Å². The second-order valence-electron chi connectivity index (χ2n) is 6.30. The molecular weight excluding hydrogens is 425 g/mol. The van der Waals surface area contributed by atoms with Crippen LogP contribution in [0.3, 0.4) is 0 Å². The third kappa shape index (κ3) is 5.13. The number of ether oxygens (including phenoxy) is 1. The van der Waals surface area contributed by atoms with Gasteiger partial charge in [0.05, 0.1) is 22.5 Å². The van der Waals surface area contributed by atoms with E-state index in [0.29, 0.717) is 21.1 Å². The summed E-state index contributed by atoms with van der Waals surface area (Å²) in [5, 5.41) is 0.283. The number of hydrogen-bond acceptors (Lipinski definition) is 6. The monoisotopic (exact) mass is 442 g/mol. The summed E-state index contributed by atoms with van der Waals surface area (Å²) >= 11 is 1.10. The van der Waals surface area contributed by atoms with Crippen LogP contribution in [0, 0.1) is 5.82 Å². The Hall–Kier alpha value is -2.46. The van der Waals surface area contributed by atoms with E-state index < -0.39 is 28.2 Å². The molecule has 2 heterocycles. The summed E-state index contributed by atoms with van der Waals surface area (Å²) in [4.78, 5) is 8.73. The lowest BCUT2D eigenvalue weighted by Gasteiger charge is -2.11. The van der Waals surface area contributed by atoms with Gasteiger partial charge in [0.1, 0.15) is 16.6 Å². The Bertz CT molecular complexity index is 1090. The highest BCUT2D eigenvalue weighted by atomic mass is 32.2. The molecule has 0 bridgehead atoms. The average molecular weight is 442 g/mol. The fraction of sp³-hybridized carbons (Fsp3) is 0.263. The van der Waals surface area contributed by atoms with Crippen molar-refractivity contribution < 1.29 is 26.3 Å². The lowest BCUT2D eigenvalue weighted by Crippen LogP contribution is -2.20. The van der Waals surface area contributed by atoms with Crippen LogP contribution in [0.2, 0.25) is 0 Å². The Morgan fingerprint density at radius 1 is 1.14 bits per heavy atom. The van der Waals surface area contributed by atoms with Crippen LogP contribution in [-0.4, -0.2) is 36.7 Å². The smallest absolute Gasteiger partial charge is 0.278 e. The summed E-state index contributed by atoms with van der Waals surface area (Å²) < 4.78 is 69.1. The molecule has 1 aromatic carbocycles. The topological polar surface area (TPSA) is 69.2 Å². The molecule has 154 valence electrons. The zero-order valence-electron chi connectivity index (χ0n) is 15.5.